The number of carboxylic acid groups (broad SMARTS) is 2. The summed E-state index contributed by atoms with van der Waals surface area (Å²) in [6.07, 6.45) is 3.22. The van der Waals surface area contributed by atoms with Gasteiger partial charge in [-0.25, -0.2) is 9.59 Å². The standard InChI is InChI=1S/C29H33NO2.C2H2O4/c1-23-29(31-22-26-14-8-9-15-28(26)32-23)17-20-30(21-18-29)19-16-27(24-10-4-2-5-11-24)25-12-6-3-7-13-25;3-1(4)2(5)6/h2-15,23,27H,16-22H2,1H3;(H,3,4)(H,5,6). The van der Waals surface area contributed by atoms with Crippen molar-refractivity contribution in [2.75, 3.05) is 19.6 Å². The fourth-order valence-electron chi connectivity index (χ4n) is 5.29. The van der Waals surface area contributed by atoms with Gasteiger partial charge in [0.2, 0.25) is 0 Å². The summed E-state index contributed by atoms with van der Waals surface area (Å²) in [7, 11) is 0. The molecule has 0 bridgehead atoms. The lowest BCUT2D eigenvalue weighted by molar-refractivity contribution is -0.159. The van der Waals surface area contributed by atoms with Crippen molar-refractivity contribution in [2.45, 2.75) is 50.4 Å². The second kappa shape index (κ2) is 12.7. The van der Waals surface area contributed by atoms with E-state index < -0.39 is 11.9 Å². The van der Waals surface area contributed by atoms with Crippen molar-refractivity contribution in [2.24, 2.45) is 0 Å². The molecule has 3 aromatic rings. The number of ether oxygens (including phenoxy) is 2. The van der Waals surface area contributed by atoms with Gasteiger partial charge in [-0.3, -0.25) is 0 Å². The first-order valence-electron chi connectivity index (χ1n) is 13.0. The van der Waals surface area contributed by atoms with Crippen LogP contribution in [0.4, 0.5) is 0 Å². The highest BCUT2D eigenvalue weighted by molar-refractivity contribution is 6.27. The molecule has 0 aromatic heterocycles. The molecule has 0 aliphatic carbocycles. The summed E-state index contributed by atoms with van der Waals surface area (Å²) < 4.78 is 12.9. The van der Waals surface area contributed by atoms with Gasteiger partial charge in [0.15, 0.2) is 0 Å². The molecule has 1 spiro atoms. The van der Waals surface area contributed by atoms with Crippen LogP contribution in [0.15, 0.2) is 84.9 Å². The van der Waals surface area contributed by atoms with Crippen LogP contribution in [-0.2, 0) is 20.9 Å². The number of fused-ring (bicyclic) bond motifs is 1. The van der Waals surface area contributed by atoms with Crippen molar-refractivity contribution in [1.82, 2.24) is 4.90 Å². The maximum Gasteiger partial charge on any atom is 0.414 e. The van der Waals surface area contributed by atoms with Gasteiger partial charge in [-0.1, -0.05) is 78.9 Å². The molecule has 7 heteroatoms. The Kier molecular flexibility index (Phi) is 9.15. The molecular weight excluding hydrogens is 482 g/mol. The number of benzene rings is 3. The van der Waals surface area contributed by atoms with Gasteiger partial charge < -0.3 is 24.6 Å². The molecule has 0 amide bonds. The average Bonchev–Trinajstić information content (AvgIpc) is 3.07. The highest BCUT2D eigenvalue weighted by Gasteiger charge is 2.43. The van der Waals surface area contributed by atoms with Crippen LogP contribution in [0.25, 0.3) is 0 Å². The first-order valence-corrected chi connectivity index (χ1v) is 13.0. The minimum Gasteiger partial charge on any atom is -0.487 e. The van der Waals surface area contributed by atoms with Crippen LogP contribution < -0.4 is 4.74 Å². The number of carboxylic acids is 2. The molecule has 2 N–H and O–H groups in total. The Bertz CT molecular complexity index is 1140. The molecule has 2 heterocycles. The monoisotopic (exact) mass is 517 g/mol. The first-order chi connectivity index (χ1) is 18.4. The van der Waals surface area contributed by atoms with Gasteiger partial charge in [-0.15, -0.1) is 0 Å². The van der Waals surface area contributed by atoms with E-state index in [4.69, 9.17) is 29.3 Å². The maximum atomic E-state index is 9.10. The van der Waals surface area contributed by atoms with Crippen LogP contribution in [0.1, 0.15) is 48.8 Å². The molecule has 2 aliphatic heterocycles. The van der Waals surface area contributed by atoms with E-state index in [1.807, 2.05) is 6.07 Å². The van der Waals surface area contributed by atoms with E-state index in [2.05, 4.69) is 90.7 Å². The second-order valence-electron chi connectivity index (χ2n) is 9.84. The van der Waals surface area contributed by atoms with Crippen molar-refractivity contribution in [1.29, 1.82) is 0 Å². The predicted octanol–water partition coefficient (Wildman–Crippen LogP) is 5.20. The molecule has 1 unspecified atom stereocenters. The lowest BCUT2D eigenvalue weighted by Gasteiger charge is -2.44. The molecule has 7 nitrogen and oxygen atoms in total. The smallest absolute Gasteiger partial charge is 0.414 e. The molecule has 200 valence electrons. The summed E-state index contributed by atoms with van der Waals surface area (Å²) in [6.45, 7) is 6.03. The Labute approximate surface area is 223 Å². The van der Waals surface area contributed by atoms with Gasteiger partial charge in [0.25, 0.3) is 0 Å². The third kappa shape index (κ3) is 6.79. The summed E-state index contributed by atoms with van der Waals surface area (Å²) in [6, 6.07) is 30.1. The quantitative estimate of drug-likeness (QED) is 0.449. The van der Waals surface area contributed by atoms with E-state index in [0.717, 1.165) is 50.2 Å². The summed E-state index contributed by atoms with van der Waals surface area (Å²) in [4.78, 5) is 20.8. The molecule has 1 atom stereocenters. The van der Waals surface area contributed by atoms with Crippen LogP contribution in [0.5, 0.6) is 5.75 Å². The fourth-order valence-corrected chi connectivity index (χ4v) is 5.29. The zero-order chi connectivity index (χ0) is 27.0. The lowest BCUT2D eigenvalue weighted by Crippen LogP contribution is -2.53. The number of carbonyl (C=O) groups is 2. The molecular formula is C31H35NO6. The Morgan fingerprint density at radius 3 is 1.95 bits per heavy atom. The normalized spacial score (nSPS) is 18.4. The number of para-hydroxylation sites is 1. The van der Waals surface area contributed by atoms with Crippen LogP contribution in [0.3, 0.4) is 0 Å². The van der Waals surface area contributed by atoms with Gasteiger partial charge >= 0.3 is 11.9 Å². The van der Waals surface area contributed by atoms with Crippen molar-refractivity contribution >= 4 is 11.9 Å². The van der Waals surface area contributed by atoms with Crippen LogP contribution in [0, 0.1) is 0 Å². The maximum absolute atomic E-state index is 9.10. The molecule has 1 saturated heterocycles. The number of likely N-dealkylation sites (tertiary alicyclic amines) is 1. The van der Waals surface area contributed by atoms with Crippen molar-refractivity contribution in [3.63, 3.8) is 0 Å². The van der Waals surface area contributed by atoms with Crippen LogP contribution >= 0.6 is 0 Å². The van der Waals surface area contributed by atoms with Crippen molar-refractivity contribution in [3.05, 3.63) is 102 Å². The molecule has 1 fully saturated rings. The number of hydrogen-bond acceptors (Lipinski definition) is 5. The predicted molar refractivity (Wildman–Crippen MR) is 144 cm³/mol. The number of hydrogen-bond donors (Lipinski definition) is 2. The van der Waals surface area contributed by atoms with Crippen molar-refractivity contribution < 1.29 is 29.3 Å². The molecule has 38 heavy (non-hydrogen) atoms. The van der Waals surface area contributed by atoms with Gasteiger partial charge in [0.05, 0.1) is 6.61 Å². The van der Waals surface area contributed by atoms with Gasteiger partial charge in [-0.2, -0.15) is 0 Å². The summed E-state index contributed by atoms with van der Waals surface area (Å²) in [5.41, 5.74) is 3.78. The Morgan fingerprint density at radius 2 is 1.39 bits per heavy atom. The second-order valence-corrected chi connectivity index (χ2v) is 9.84. The van der Waals surface area contributed by atoms with E-state index in [9.17, 15) is 0 Å². The minimum absolute atomic E-state index is 0.0645. The van der Waals surface area contributed by atoms with Crippen molar-refractivity contribution in [3.8, 4) is 5.75 Å². The largest absolute Gasteiger partial charge is 0.487 e. The van der Waals surface area contributed by atoms with Gasteiger partial charge in [0, 0.05) is 24.6 Å². The number of aliphatic carboxylic acids is 2. The Balaban J connectivity index is 0.000000505. The molecule has 0 radical (unpaired) electrons. The van der Waals surface area contributed by atoms with Gasteiger partial charge in [-0.05, 0) is 49.9 Å². The first kappa shape index (κ1) is 27.4. The van der Waals surface area contributed by atoms with E-state index in [1.165, 1.54) is 11.1 Å². The number of nitrogens with zero attached hydrogens (tertiary/aromatic N) is 1. The van der Waals surface area contributed by atoms with E-state index >= 15 is 0 Å². The third-order valence-corrected chi connectivity index (χ3v) is 7.56. The summed E-state index contributed by atoms with van der Waals surface area (Å²) in [5.74, 6) is -2.24. The Morgan fingerprint density at radius 1 is 0.868 bits per heavy atom. The molecule has 2 aliphatic rings. The Hall–Kier alpha value is -3.68. The minimum atomic E-state index is -1.82. The highest BCUT2D eigenvalue weighted by atomic mass is 16.6. The average molecular weight is 518 g/mol. The number of piperidine rings is 1. The third-order valence-electron chi connectivity index (χ3n) is 7.56. The highest BCUT2D eigenvalue weighted by Crippen LogP contribution is 2.38. The van der Waals surface area contributed by atoms with Gasteiger partial charge in [0.1, 0.15) is 17.5 Å². The van der Waals surface area contributed by atoms with E-state index in [1.54, 1.807) is 0 Å². The van der Waals surface area contributed by atoms with Crippen LogP contribution in [-0.4, -0.2) is 58.4 Å². The van der Waals surface area contributed by atoms with E-state index in [0.29, 0.717) is 12.5 Å². The number of rotatable bonds is 5. The molecule has 5 rings (SSSR count). The van der Waals surface area contributed by atoms with E-state index in [-0.39, 0.29) is 11.7 Å². The topological polar surface area (TPSA) is 96.3 Å². The molecule has 0 saturated carbocycles. The zero-order valence-corrected chi connectivity index (χ0v) is 21.7. The zero-order valence-electron chi connectivity index (χ0n) is 21.7. The summed E-state index contributed by atoms with van der Waals surface area (Å²) >= 11 is 0. The summed E-state index contributed by atoms with van der Waals surface area (Å²) in [5, 5.41) is 14.8. The molecule has 3 aromatic carbocycles. The lowest BCUT2D eigenvalue weighted by atomic mass is 9.85. The van der Waals surface area contributed by atoms with Crippen LogP contribution in [0.2, 0.25) is 0 Å². The fraction of sp³-hybridized carbons (Fsp3) is 0.355. The SMILES string of the molecule is CC1Oc2ccccc2COC12CCN(CCC(c1ccccc1)c1ccccc1)CC2.O=C(O)C(=O)O.